The van der Waals surface area contributed by atoms with E-state index in [0.29, 0.717) is 6.54 Å². The van der Waals surface area contributed by atoms with Crippen molar-refractivity contribution in [3.8, 4) is 0 Å². The number of ketones is 1. The van der Waals surface area contributed by atoms with Crippen molar-refractivity contribution in [1.29, 1.82) is 0 Å². The maximum Gasteiger partial charge on any atom is 0.176 e. The summed E-state index contributed by atoms with van der Waals surface area (Å²) in [5, 5.41) is 2.09. The maximum absolute atomic E-state index is 12.5. The van der Waals surface area contributed by atoms with Crippen molar-refractivity contribution in [2.75, 3.05) is 13.6 Å². The van der Waals surface area contributed by atoms with E-state index in [2.05, 4.69) is 41.5 Å². The van der Waals surface area contributed by atoms with Gasteiger partial charge >= 0.3 is 0 Å². The molecule has 1 aromatic heterocycles. The Bertz CT molecular complexity index is 633. The molecular formula is C18H21NOS. The maximum atomic E-state index is 12.5. The summed E-state index contributed by atoms with van der Waals surface area (Å²) < 4.78 is 0. The van der Waals surface area contributed by atoms with Crippen LogP contribution in [0.15, 0.2) is 35.7 Å². The Morgan fingerprint density at radius 3 is 2.86 bits per heavy atom. The predicted molar refractivity (Wildman–Crippen MR) is 88.2 cm³/mol. The number of fused-ring (bicyclic) bond motifs is 1. The molecule has 0 spiro atoms. The molecule has 1 aromatic carbocycles. The average molecular weight is 299 g/mol. The molecule has 1 atom stereocenters. The number of benzene rings is 1. The van der Waals surface area contributed by atoms with Gasteiger partial charge in [0, 0.05) is 16.5 Å². The Morgan fingerprint density at radius 2 is 2.10 bits per heavy atom. The lowest BCUT2D eigenvalue weighted by Crippen LogP contribution is -2.28. The van der Waals surface area contributed by atoms with Gasteiger partial charge < -0.3 is 0 Å². The summed E-state index contributed by atoms with van der Waals surface area (Å²) in [7, 11) is 2.02. The van der Waals surface area contributed by atoms with E-state index in [1.165, 1.54) is 28.8 Å². The van der Waals surface area contributed by atoms with E-state index < -0.39 is 0 Å². The lowest BCUT2D eigenvalue weighted by atomic mass is 10.0. The summed E-state index contributed by atoms with van der Waals surface area (Å²) in [6.45, 7) is 2.62. The molecule has 0 amide bonds. The number of rotatable bonds is 5. The van der Waals surface area contributed by atoms with Crippen LogP contribution in [-0.4, -0.2) is 24.3 Å². The van der Waals surface area contributed by atoms with Crippen LogP contribution in [0.5, 0.6) is 0 Å². The minimum absolute atomic E-state index is 0.218. The second-order valence-corrected chi connectivity index (χ2v) is 6.85. The number of aryl methyl sites for hydroxylation is 2. The first kappa shape index (κ1) is 14.5. The van der Waals surface area contributed by atoms with Crippen LogP contribution in [0.1, 0.15) is 45.7 Å². The Labute approximate surface area is 130 Å². The number of nitrogens with zero attached hydrogens (tertiary/aromatic N) is 1. The Balaban J connectivity index is 1.68. The van der Waals surface area contributed by atoms with Crippen molar-refractivity contribution in [1.82, 2.24) is 4.90 Å². The normalized spacial score (nSPS) is 15.2. The first-order chi connectivity index (χ1) is 10.1. The highest BCUT2D eigenvalue weighted by Gasteiger charge is 2.18. The molecule has 0 bridgehead atoms. The number of hydrogen-bond acceptors (Lipinski definition) is 3. The summed E-state index contributed by atoms with van der Waals surface area (Å²) >= 11 is 1.75. The third-order valence-corrected chi connectivity index (χ3v) is 5.47. The number of carbonyl (C=O) groups excluding carboxylic acids is 1. The lowest BCUT2D eigenvalue weighted by Gasteiger charge is -2.23. The SMILES string of the molecule is CC(c1cccs1)N(C)CC(=O)c1ccc2c(c1)CCC2. The summed E-state index contributed by atoms with van der Waals surface area (Å²) in [5.74, 6) is 0.218. The van der Waals surface area contributed by atoms with E-state index >= 15 is 0 Å². The van der Waals surface area contributed by atoms with Gasteiger partial charge in [-0.1, -0.05) is 18.2 Å². The van der Waals surface area contributed by atoms with Gasteiger partial charge in [-0.2, -0.15) is 0 Å². The topological polar surface area (TPSA) is 20.3 Å². The van der Waals surface area contributed by atoms with Gasteiger partial charge in [-0.25, -0.2) is 0 Å². The van der Waals surface area contributed by atoms with E-state index in [0.717, 1.165) is 12.0 Å². The molecule has 2 aromatic rings. The molecule has 0 saturated heterocycles. The number of hydrogen-bond donors (Lipinski definition) is 0. The Kier molecular flexibility index (Phi) is 4.22. The minimum Gasteiger partial charge on any atom is -0.293 e. The highest BCUT2D eigenvalue weighted by atomic mass is 32.1. The number of thiophene rings is 1. The van der Waals surface area contributed by atoms with Crippen LogP contribution in [-0.2, 0) is 12.8 Å². The van der Waals surface area contributed by atoms with E-state index in [4.69, 9.17) is 0 Å². The van der Waals surface area contributed by atoms with E-state index in [1.54, 1.807) is 11.3 Å². The fourth-order valence-corrected chi connectivity index (χ4v) is 3.79. The standard InChI is InChI=1S/C18H21NOS/c1-13(18-7-4-10-21-18)19(2)12-17(20)16-9-8-14-5-3-6-15(14)11-16/h4,7-11,13H,3,5-6,12H2,1-2H3. The predicted octanol–water partition coefficient (Wildman–Crippen LogP) is 4.11. The third-order valence-electron chi connectivity index (χ3n) is 4.43. The fraction of sp³-hybridized carbons (Fsp3) is 0.389. The highest BCUT2D eigenvalue weighted by Crippen LogP contribution is 2.25. The van der Waals surface area contributed by atoms with Gasteiger partial charge in [0.1, 0.15) is 0 Å². The molecule has 0 radical (unpaired) electrons. The van der Waals surface area contributed by atoms with Crippen LogP contribution in [0.3, 0.4) is 0 Å². The molecule has 0 aliphatic heterocycles. The molecule has 0 fully saturated rings. The molecular weight excluding hydrogens is 278 g/mol. The monoisotopic (exact) mass is 299 g/mol. The molecule has 110 valence electrons. The molecule has 0 saturated carbocycles. The van der Waals surface area contributed by atoms with Crippen molar-refractivity contribution >= 4 is 17.1 Å². The van der Waals surface area contributed by atoms with Gasteiger partial charge in [-0.15, -0.1) is 11.3 Å². The summed E-state index contributed by atoms with van der Waals surface area (Å²) in [4.78, 5) is 15.9. The van der Waals surface area contributed by atoms with Crippen LogP contribution < -0.4 is 0 Å². The number of likely N-dealkylation sites (N-methyl/N-ethyl adjacent to an activating group) is 1. The molecule has 21 heavy (non-hydrogen) atoms. The summed E-state index contributed by atoms with van der Waals surface area (Å²) in [5.41, 5.74) is 3.66. The van der Waals surface area contributed by atoms with Gasteiger partial charge in [0.2, 0.25) is 0 Å². The second-order valence-electron chi connectivity index (χ2n) is 5.87. The zero-order valence-corrected chi connectivity index (χ0v) is 13.5. The molecule has 3 heteroatoms. The first-order valence-electron chi connectivity index (χ1n) is 7.54. The first-order valence-corrected chi connectivity index (χ1v) is 8.42. The molecule has 0 N–H and O–H groups in total. The largest absolute Gasteiger partial charge is 0.293 e. The van der Waals surface area contributed by atoms with Crippen LogP contribution in [0.4, 0.5) is 0 Å². The summed E-state index contributed by atoms with van der Waals surface area (Å²) in [6, 6.07) is 10.7. The van der Waals surface area contributed by atoms with Crippen molar-refractivity contribution in [2.45, 2.75) is 32.2 Å². The van der Waals surface area contributed by atoms with Gasteiger partial charge in [0.05, 0.1) is 6.54 Å². The zero-order valence-electron chi connectivity index (χ0n) is 12.6. The van der Waals surface area contributed by atoms with Crippen molar-refractivity contribution < 1.29 is 4.79 Å². The van der Waals surface area contributed by atoms with Crippen LogP contribution >= 0.6 is 11.3 Å². The van der Waals surface area contributed by atoms with Crippen LogP contribution in [0, 0.1) is 0 Å². The Hall–Kier alpha value is -1.45. The Morgan fingerprint density at radius 1 is 1.29 bits per heavy atom. The smallest absolute Gasteiger partial charge is 0.176 e. The van der Waals surface area contributed by atoms with Gasteiger partial charge in [0.15, 0.2) is 5.78 Å². The van der Waals surface area contributed by atoms with Crippen LogP contribution in [0.2, 0.25) is 0 Å². The van der Waals surface area contributed by atoms with E-state index in [1.807, 2.05) is 13.1 Å². The summed E-state index contributed by atoms with van der Waals surface area (Å²) in [6.07, 6.45) is 3.51. The molecule has 1 aliphatic rings. The second kappa shape index (κ2) is 6.12. The molecule has 2 nitrogen and oxygen atoms in total. The molecule has 3 rings (SSSR count). The fourth-order valence-electron chi connectivity index (χ4n) is 2.95. The van der Waals surface area contributed by atoms with Gasteiger partial charge in [-0.3, -0.25) is 9.69 Å². The van der Waals surface area contributed by atoms with Crippen molar-refractivity contribution in [2.24, 2.45) is 0 Å². The quantitative estimate of drug-likeness (QED) is 0.774. The number of Topliss-reactive ketones (excluding diaryl/α,β-unsaturated/α-hetero) is 1. The van der Waals surface area contributed by atoms with Crippen molar-refractivity contribution in [3.05, 3.63) is 57.3 Å². The van der Waals surface area contributed by atoms with E-state index in [9.17, 15) is 4.79 Å². The molecule has 1 unspecified atom stereocenters. The third kappa shape index (κ3) is 3.09. The number of carbonyl (C=O) groups is 1. The van der Waals surface area contributed by atoms with Gasteiger partial charge in [0.25, 0.3) is 0 Å². The highest BCUT2D eigenvalue weighted by molar-refractivity contribution is 7.10. The lowest BCUT2D eigenvalue weighted by molar-refractivity contribution is 0.0925. The minimum atomic E-state index is 0.218. The van der Waals surface area contributed by atoms with E-state index in [-0.39, 0.29) is 11.8 Å². The molecule has 1 heterocycles. The zero-order chi connectivity index (χ0) is 14.8. The van der Waals surface area contributed by atoms with Gasteiger partial charge in [-0.05, 0) is 61.9 Å². The van der Waals surface area contributed by atoms with Crippen LogP contribution in [0.25, 0.3) is 0 Å². The average Bonchev–Trinajstić information content (AvgIpc) is 3.16. The van der Waals surface area contributed by atoms with Crippen molar-refractivity contribution in [3.63, 3.8) is 0 Å². The molecule has 1 aliphatic carbocycles.